The van der Waals surface area contributed by atoms with Crippen molar-refractivity contribution in [1.82, 2.24) is 20.2 Å². The molecule has 2 rings (SSSR count). The second kappa shape index (κ2) is 10.2. The molecule has 0 aliphatic heterocycles. The number of hydrogen-bond acceptors (Lipinski definition) is 3. The summed E-state index contributed by atoms with van der Waals surface area (Å²) in [5, 5.41) is 6.11. The molecule has 1 aliphatic carbocycles. The summed E-state index contributed by atoms with van der Waals surface area (Å²) in [5.41, 5.74) is 0. The first kappa shape index (κ1) is 18.6. The Bertz CT molecular complexity index is 498. The van der Waals surface area contributed by atoms with Gasteiger partial charge in [0.15, 0.2) is 5.96 Å². The Morgan fingerprint density at radius 2 is 2.08 bits per heavy atom. The summed E-state index contributed by atoms with van der Waals surface area (Å²) in [4.78, 5) is 8.00. The van der Waals surface area contributed by atoms with Crippen molar-refractivity contribution >= 4 is 5.96 Å². The van der Waals surface area contributed by atoms with Crippen molar-refractivity contribution in [2.24, 2.45) is 4.99 Å². The molecule has 6 nitrogen and oxygen atoms in total. The van der Waals surface area contributed by atoms with E-state index < -0.39 is 6.55 Å². The fourth-order valence-electron chi connectivity index (χ4n) is 2.85. The van der Waals surface area contributed by atoms with Crippen molar-refractivity contribution in [2.75, 3.05) is 20.2 Å². The SMILES string of the molecule is CN=C(NCCOC1CCCCCC1)NCc1nccn1C(F)F. The summed E-state index contributed by atoms with van der Waals surface area (Å²) in [7, 11) is 1.64. The Morgan fingerprint density at radius 3 is 2.75 bits per heavy atom. The zero-order valence-corrected chi connectivity index (χ0v) is 14.2. The maximum atomic E-state index is 12.8. The molecule has 0 unspecified atom stereocenters. The molecule has 1 heterocycles. The molecular formula is C16H27F2N5O. The lowest BCUT2D eigenvalue weighted by Crippen LogP contribution is -2.39. The summed E-state index contributed by atoms with van der Waals surface area (Å²) in [6, 6.07) is 0. The first-order chi connectivity index (χ1) is 11.7. The van der Waals surface area contributed by atoms with Crippen LogP contribution < -0.4 is 10.6 Å². The van der Waals surface area contributed by atoms with Gasteiger partial charge in [0.05, 0.1) is 19.3 Å². The van der Waals surface area contributed by atoms with Crippen LogP contribution in [0.3, 0.4) is 0 Å². The van der Waals surface area contributed by atoms with E-state index in [-0.39, 0.29) is 12.4 Å². The molecule has 1 aliphatic rings. The minimum atomic E-state index is -2.59. The van der Waals surface area contributed by atoms with E-state index >= 15 is 0 Å². The number of ether oxygens (including phenoxy) is 1. The van der Waals surface area contributed by atoms with E-state index in [1.807, 2.05) is 0 Å². The number of halogens is 2. The number of imidazole rings is 1. The zero-order chi connectivity index (χ0) is 17.2. The van der Waals surface area contributed by atoms with Crippen LogP contribution >= 0.6 is 0 Å². The fourth-order valence-corrected chi connectivity index (χ4v) is 2.85. The maximum absolute atomic E-state index is 12.8. The number of rotatable bonds is 7. The Hall–Kier alpha value is -1.70. The van der Waals surface area contributed by atoms with Gasteiger partial charge < -0.3 is 15.4 Å². The highest BCUT2D eigenvalue weighted by molar-refractivity contribution is 5.79. The highest BCUT2D eigenvalue weighted by Gasteiger charge is 2.13. The molecule has 136 valence electrons. The lowest BCUT2D eigenvalue weighted by atomic mass is 10.1. The summed E-state index contributed by atoms with van der Waals surface area (Å²) >= 11 is 0. The molecule has 0 aromatic carbocycles. The average molecular weight is 343 g/mol. The quantitative estimate of drug-likeness (QED) is 0.346. The van der Waals surface area contributed by atoms with Crippen LogP contribution in [0, 0.1) is 0 Å². The van der Waals surface area contributed by atoms with E-state index in [0.717, 1.165) is 17.4 Å². The van der Waals surface area contributed by atoms with Gasteiger partial charge in [-0.15, -0.1) is 0 Å². The first-order valence-corrected chi connectivity index (χ1v) is 8.56. The molecule has 1 fully saturated rings. The largest absolute Gasteiger partial charge is 0.376 e. The van der Waals surface area contributed by atoms with E-state index in [1.165, 1.54) is 38.1 Å². The topological polar surface area (TPSA) is 63.5 Å². The van der Waals surface area contributed by atoms with E-state index in [9.17, 15) is 8.78 Å². The van der Waals surface area contributed by atoms with Gasteiger partial charge in [-0.3, -0.25) is 9.56 Å². The van der Waals surface area contributed by atoms with Crippen LogP contribution in [0.25, 0.3) is 0 Å². The maximum Gasteiger partial charge on any atom is 0.319 e. The van der Waals surface area contributed by atoms with Gasteiger partial charge in [-0.25, -0.2) is 4.98 Å². The van der Waals surface area contributed by atoms with Crippen molar-refractivity contribution in [3.63, 3.8) is 0 Å². The van der Waals surface area contributed by atoms with Gasteiger partial charge in [-0.05, 0) is 12.8 Å². The number of aromatic nitrogens is 2. The lowest BCUT2D eigenvalue weighted by Gasteiger charge is -2.17. The van der Waals surface area contributed by atoms with Crippen LogP contribution in [-0.2, 0) is 11.3 Å². The van der Waals surface area contributed by atoms with Crippen LogP contribution in [0.4, 0.5) is 8.78 Å². The molecule has 0 spiro atoms. The molecule has 1 aromatic rings. The van der Waals surface area contributed by atoms with Gasteiger partial charge >= 0.3 is 6.55 Å². The smallest absolute Gasteiger partial charge is 0.319 e. The molecule has 0 radical (unpaired) electrons. The van der Waals surface area contributed by atoms with Crippen LogP contribution in [-0.4, -0.2) is 41.8 Å². The monoisotopic (exact) mass is 343 g/mol. The molecule has 0 amide bonds. The number of nitrogens with one attached hydrogen (secondary N) is 2. The third-order valence-corrected chi connectivity index (χ3v) is 4.15. The summed E-state index contributed by atoms with van der Waals surface area (Å²) in [5.74, 6) is 0.811. The molecule has 0 atom stereocenters. The Morgan fingerprint density at radius 1 is 1.33 bits per heavy atom. The van der Waals surface area contributed by atoms with Gasteiger partial charge in [0, 0.05) is 26.0 Å². The van der Waals surface area contributed by atoms with Gasteiger partial charge in [-0.1, -0.05) is 25.7 Å². The van der Waals surface area contributed by atoms with Gasteiger partial charge in [-0.2, -0.15) is 8.78 Å². The van der Waals surface area contributed by atoms with Crippen LogP contribution in [0.2, 0.25) is 0 Å². The predicted molar refractivity (Wildman–Crippen MR) is 89.1 cm³/mol. The second-order valence-corrected chi connectivity index (χ2v) is 5.87. The lowest BCUT2D eigenvalue weighted by molar-refractivity contribution is 0.0468. The molecule has 24 heavy (non-hydrogen) atoms. The van der Waals surface area contributed by atoms with E-state index in [1.54, 1.807) is 7.05 Å². The van der Waals surface area contributed by atoms with E-state index in [2.05, 4.69) is 20.6 Å². The molecule has 1 saturated carbocycles. The Labute approximate surface area is 141 Å². The van der Waals surface area contributed by atoms with Crippen LogP contribution in [0.1, 0.15) is 50.9 Å². The van der Waals surface area contributed by atoms with Crippen molar-refractivity contribution in [3.05, 3.63) is 18.2 Å². The normalized spacial score (nSPS) is 17.1. The van der Waals surface area contributed by atoms with Crippen LogP contribution in [0.5, 0.6) is 0 Å². The van der Waals surface area contributed by atoms with E-state index in [0.29, 0.717) is 25.2 Å². The molecule has 1 aromatic heterocycles. The van der Waals surface area contributed by atoms with Crippen molar-refractivity contribution in [2.45, 2.75) is 57.7 Å². The van der Waals surface area contributed by atoms with Crippen molar-refractivity contribution in [3.8, 4) is 0 Å². The Balaban J connectivity index is 1.66. The van der Waals surface area contributed by atoms with Gasteiger partial charge in [0.25, 0.3) is 0 Å². The highest BCUT2D eigenvalue weighted by atomic mass is 19.3. The summed E-state index contributed by atoms with van der Waals surface area (Å²) in [6.45, 7) is -1.18. The third-order valence-electron chi connectivity index (χ3n) is 4.15. The summed E-state index contributed by atoms with van der Waals surface area (Å²) < 4.78 is 32.2. The number of alkyl halides is 2. The molecule has 0 saturated heterocycles. The highest BCUT2D eigenvalue weighted by Crippen LogP contribution is 2.19. The fraction of sp³-hybridized carbons (Fsp3) is 0.750. The number of aliphatic imine (C=N–C) groups is 1. The summed E-state index contributed by atoms with van der Waals surface area (Å²) in [6.07, 6.45) is 10.4. The Kier molecular flexibility index (Phi) is 7.94. The number of hydrogen-bond donors (Lipinski definition) is 2. The zero-order valence-electron chi connectivity index (χ0n) is 14.2. The second-order valence-electron chi connectivity index (χ2n) is 5.87. The first-order valence-electron chi connectivity index (χ1n) is 8.56. The van der Waals surface area contributed by atoms with Crippen LogP contribution in [0.15, 0.2) is 17.4 Å². The standard InChI is InChI=1S/C16H27F2N5O/c1-19-16(22-12-14-20-8-10-23(14)15(17)18)21-9-11-24-13-6-4-2-3-5-7-13/h8,10,13,15H,2-7,9,11-12H2,1H3,(H2,19,21,22). The minimum absolute atomic E-state index is 0.181. The molecule has 8 heteroatoms. The van der Waals surface area contributed by atoms with Crippen molar-refractivity contribution in [1.29, 1.82) is 0 Å². The van der Waals surface area contributed by atoms with Gasteiger partial charge in [0.1, 0.15) is 5.82 Å². The number of nitrogens with zero attached hydrogens (tertiary/aromatic N) is 3. The number of guanidine groups is 1. The molecule has 2 N–H and O–H groups in total. The average Bonchev–Trinajstić information content (AvgIpc) is 2.90. The molecular weight excluding hydrogens is 316 g/mol. The minimum Gasteiger partial charge on any atom is -0.376 e. The third kappa shape index (κ3) is 6.07. The molecule has 0 bridgehead atoms. The predicted octanol–water partition coefficient (Wildman–Crippen LogP) is 2.68. The van der Waals surface area contributed by atoms with E-state index in [4.69, 9.17) is 4.74 Å². The van der Waals surface area contributed by atoms with Gasteiger partial charge in [0.2, 0.25) is 0 Å². The van der Waals surface area contributed by atoms with Crippen molar-refractivity contribution < 1.29 is 13.5 Å².